The Labute approximate surface area is 182 Å². The Kier molecular flexibility index (Phi) is 8.05. The molecule has 0 heterocycles. The van der Waals surface area contributed by atoms with Crippen LogP contribution in [0.3, 0.4) is 0 Å². The van der Waals surface area contributed by atoms with Crippen molar-refractivity contribution >= 4 is 23.2 Å². The maximum atomic E-state index is 12.2. The molecule has 0 saturated carbocycles. The molecule has 0 aliphatic carbocycles. The van der Waals surface area contributed by atoms with Gasteiger partial charge in [-0.05, 0) is 47.9 Å². The molecule has 0 radical (unpaired) electrons. The number of methoxy groups -OCH3 is 1. The summed E-state index contributed by atoms with van der Waals surface area (Å²) in [5.41, 5.74) is 3.59. The Morgan fingerprint density at radius 3 is 2.29 bits per heavy atom. The van der Waals surface area contributed by atoms with Gasteiger partial charge >= 0.3 is 0 Å². The van der Waals surface area contributed by atoms with Gasteiger partial charge in [0.05, 0.1) is 13.7 Å². The van der Waals surface area contributed by atoms with Crippen LogP contribution in [0, 0.1) is 0 Å². The molecule has 0 aromatic heterocycles. The van der Waals surface area contributed by atoms with E-state index < -0.39 is 0 Å². The number of benzene rings is 3. The quantitative estimate of drug-likeness (QED) is 0.466. The minimum Gasteiger partial charge on any atom is -0.497 e. The van der Waals surface area contributed by atoms with Crippen molar-refractivity contribution in [3.8, 4) is 5.75 Å². The number of amides is 2. The predicted octanol–water partition coefficient (Wildman–Crippen LogP) is 3.99. The molecule has 0 aliphatic rings. The summed E-state index contributed by atoms with van der Waals surface area (Å²) in [6, 6.07) is 24.8. The molecule has 0 spiro atoms. The molecule has 3 aromatic rings. The summed E-state index contributed by atoms with van der Waals surface area (Å²) >= 11 is 0. The molecule has 3 rings (SSSR count). The van der Waals surface area contributed by atoms with Gasteiger partial charge in [-0.2, -0.15) is 0 Å². The van der Waals surface area contributed by atoms with Crippen molar-refractivity contribution in [2.75, 3.05) is 24.3 Å². The van der Waals surface area contributed by atoms with Gasteiger partial charge in [-0.3, -0.25) is 9.59 Å². The third-order valence-electron chi connectivity index (χ3n) is 4.73. The summed E-state index contributed by atoms with van der Waals surface area (Å²) in [7, 11) is 1.62. The Morgan fingerprint density at radius 2 is 1.55 bits per heavy atom. The predicted molar refractivity (Wildman–Crippen MR) is 123 cm³/mol. The average Bonchev–Trinajstić information content (AvgIpc) is 2.81. The summed E-state index contributed by atoms with van der Waals surface area (Å²) in [5, 5.41) is 8.87. The molecule has 31 heavy (non-hydrogen) atoms. The van der Waals surface area contributed by atoms with Gasteiger partial charge < -0.3 is 20.7 Å². The summed E-state index contributed by atoms with van der Waals surface area (Å²) < 4.78 is 5.13. The molecule has 6 nitrogen and oxygen atoms in total. The molecule has 0 atom stereocenters. The molecule has 6 heteroatoms. The highest BCUT2D eigenvalue weighted by Gasteiger charge is 2.05. The first-order valence-corrected chi connectivity index (χ1v) is 10.2. The van der Waals surface area contributed by atoms with Crippen LogP contribution in [0.4, 0.5) is 11.4 Å². The standard InChI is InChI=1S/C25H27N3O3/c1-31-23-13-10-20(11-14-23)17-27-25(30)18-26-21-8-5-9-22(16-21)28-24(29)15-12-19-6-3-2-4-7-19/h2-11,13-14,16,26H,12,15,17-18H2,1H3,(H,27,30)(H,28,29). The molecule has 0 bridgehead atoms. The first kappa shape index (κ1) is 21.9. The van der Waals surface area contributed by atoms with Crippen molar-refractivity contribution in [3.05, 3.63) is 90.0 Å². The van der Waals surface area contributed by atoms with Crippen LogP contribution in [-0.2, 0) is 22.6 Å². The minimum atomic E-state index is -0.117. The van der Waals surface area contributed by atoms with Crippen molar-refractivity contribution in [1.82, 2.24) is 5.32 Å². The molecule has 160 valence electrons. The summed E-state index contributed by atoms with van der Waals surface area (Å²) in [4.78, 5) is 24.3. The molecule has 0 aliphatic heterocycles. The molecule has 0 fully saturated rings. The number of carbonyl (C=O) groups excluding carboxylic acids is 2. The van der Waals surface area contributed by atoms with Gasteiger partial charge in [0, 0.05) is 24.3 Å². The van der Waals surface area contributed by atoms with Crippen molar-refractivity contribution in [1.29, 1.82) is 0 Å². The highest BCUT2D eigenvalue weighted by atomic mass is 16.5. The molecule has 0 unspecified atom stereocenters. The summed E-state index contributed by atoms with van der Waals surface area (Å²) in [6.45, 7) is 0.587. The fourth-order valence-corrected chi connectivity index (χ4v) is 3.02. The van der Waals surface area contributed by atoms with Crippen molar-refractivity contribution in [3.63, 3.8) is 0 Å². The lowest BCUT2D eigenvalue weighted by Gasteiger charge is -2.10. The zero-order chi connectivity index (χ0) is 21.9. The normalized spacial score (nSPS) is 10.2. The van der Waals surface area contributed by atoms with Crippen LogP contribution in [-0.4, -0.2) is 25.5 Å². The number of ether oxygens (including phenoxy) is 1. The van der Waals surface area contributed by atoms with E-state index in [1.54, 1.807) is 7.11 Å². The van der Waals surface area contributed by atoms with Crippen LogP contribution in [0.15, 0.2) is 78.9 Å². The Morgan fingerprint density at radius 1 is 0.806 bits per heavy atom. The van der Waals surface area contributed by atoms with Gasteiger partial charge in [-0.1, -0.05) is 48.5 Å². The van der Waals surface area contributed by atoms with E-state index in [-0.39, 0.29) is 18.4 Å². The lowest BCUT2D eigenvalue weighted by Crippen LogP contribution is -2.29. The molecule has 3 aromatic carbocycles. The van der Waals surface area contributed by atoms with Gasteiger partial charge in [0.25, 0.3) is 0 Å². The summed E-state index contributed by atoms with van der Waals surface area (Å²) in [6.07, 6.45) is 1.11. The molecule has 3 N–H and O–H groups in total. The smallest absolute Gasteiger partial charge is 0.239 e. The van der Waals surface area contributed by atoms with Crippen molar-refractivity contribution in [2.24, 2.45) is 0 Å². The number of nitrogens with one attached hydrogen (secondary N) is 3. The Balaban J connectivity index is 1.41. The van der Waals surface area contributed by atoms with E-state index in [1.807, 2.05) is 78.9 Å². The first-order chi connectivity index (χ1) is 15.1. The second-order valence-electron chi connectivity index (χ2n) is 7.09. The zero-order valence-electron chi connectivity index (χ0n) is 17.6. The highest BCUT2D eigenvalue weighted by Crippen LogP contribution is 2.16. The van der Waals surface area contributed by atoms with Crippen molar-refractivity contribution in [2.45, 2.75) is 19.4 Å². The summed E-state index contributed by atoms with van der Waals surface area (Å²) in [5.74, 6) is 0.620. The molecule has 0 saturated heterocycles. The lowest BCUT2D eigenvalue weighted by molar-refractivity contribution is -0.119. The van der Waals surface area contributed by atoms with Gasteiger partial charge in [0.1, 0.15) is 5.75 Å². The number of rotatable bonds is 10. The van der Waals surface area contributed by atoms with Gasteiger partial charge in [0.15, 0.2) is 0 Å². The third kappa shape index (κ3) is 7.51. The van der Waals surface area contributed by atoms with Crippen LogP contribution in [0.25, 0.3) is 0 Å². The second-order valence-corrected chi connectivity index (χ2v) is 7.09. The average molecular weight is 418 g/mol. The Bertz CT molecular complexity index is 988. The molecule has 2 amide bonds. The zero-order valence-corrected chi connectivity index (χ0v) is 17.6. The maximum absolute atomic E-state index is 12.2. The number of anilines is 2. The Hall–Kier alpha value is -3.80. The number of hydrogen-bond donors (Lipinski definition) is 3. The van der Waals surface area contributed by atoms with Crippen LogP contribution in [0.1, 0.15) is 17.5 Å². The van der Waals surface area contributed by atoms with E-state index in [0.29, 0.717) is 25.1 Å². The third-order valence-corrected chi connectivity index (χ3v) is 4.73. The fourth-order valence-electron chi connectivity index (χ4n) is 3.02. The number of hydrogen-bond acceptors (Lipinski definition) is 4. The van der Waals surface area contributed by atoms with E-state index in [2.05, 4.69) is 16.0 Å². The van der Waals surface area contributed by atoms with Crippen LogP contribution < -0.4 is 20.7 Å². The van der Waals surface area contributed by atoms with Gasteiger partial charge in [-0.15, -0.1) is 0 Å². The van der Waals surface area contributed by atoms with E-state index >= 15 is 0 Å². The topological polar surface area (TPSA) is 79.5 Å². The van der Waals surface area contributed by atoms with E-state index in [9.17, 15) is 9.59 Å². The minimum absolute atomic E-state index is 0.0433. The van der Waals surface area contributed by atoms with Gasteiger partial charge in [-0.25, -0.2) is 0 Å². The fraction of sp³-hybridized carbons (Fsp3) is 0.200. The van der Waals surface area contributed by atoms with E-state index in [1.165, 1.54) is 0 Å². The monoisotopic (exact) mass is 417 g/mol. The van der Waals surface area contributed by atoms with Crippen LogP contribution >= 0.6 is 0 Å². The van der Waals surface area contributed by atoms with Crippen molar-refractivity contribution < 1.29 is 14.3 Å². The number of carbonyl (C=O) groups is 2. The second kappa shape index (κ2) is 11.4. The van der Waals surface area contributed by atoms with Crippen LogP contribution in [0.2, 0.25) is 0 Å². The molecular weight excluding hydrogens is 390 g/mol. The highest BCUT2D eigenvalue weighted by molar-refractivity contribution is 5.91. The van der Waals surface area contributed by atoms with E-state index in [0.717, 1.165) is 22.6 Å². The van der Waals surface area contributed by atoms with Gasteiger partial charge in [0.2, 0.25) is 11.8 Å². The number of aryl methyl sites for hydroxylation is 1. The largest absolute Gasteiger partial charge is 0.497 e. The van der Waals surface area contributed by atoms with Crippen LogP contribution in [0.5, 0.6) is 5.75 Å². The molecular formula is C25H27N3O3. The maximum Gasteiger partial charge on any atom is 0.239 e. The van der Waals surface area contributed by atoms with E-state index in [4.69, 9.17) is 4.74 Å². The lowest BCUT2D eigenvalue weighted by atomic mass is 10.1. The SMILES string of the molecule is COc1ccc(CNC(=O)CNc2cccc(NC(=O)CCc3ccccc3)c2)cc1. The first-order valence-electron chi connectivity index (χ1n) is 10.2.